The largest absolute Gasteiger partial charge is 0.497 e. The van der Waals surface area contributed by atoms with Crippen LogP contribution in [0.25, 0.3) is 17.0 Å². The summed E-state index contributed by atoms with van der Waals surface area (Å²) in [6, 6.07) is 13.8. The van der Waals surface area contributed by atoms with Crippen LogP contribution in [0, 0.1) is 0 Å². The van der Waals surface area contributed by atoms with E-state index in [0.29, 0.717) is 39.5 Å². The van der Waals surface area contributed by atoms with Crippen molar-refractivity contribution in [1.82, 2.24) is 4.57 Å². The van der Waals surface area contributed by atoms with Gasteiger partial charge >= 0.3 is 5.97 Å². The van der Waals surface area contributed by atoms with Gasteiger partial charge < -0.3 is 23.2 Å². The minimum atomic E-state index is -0.651. The molecule has 35 heavy (non-hydrogen) atoms. The Bertz CT molecular complexity index is 1630. The number of allylic oxidation sites excluding steroid dienone is 1. The van der Waals surface area contributed by atoms with E-state index in [1.165, 1.54) is 16.9 Å². The predicted molar refractivity (Wildman–Crippen MR) is 126 cm³/mol. The molecule has 8 heteroatoms. The number of ketones is 1. The van der Waals surface area contributed by atoms with Crippen LogP contribution in [0.1, 0.15) is 39.6 Å². The molecule has 0 radical (unpaired) electrons. The number of aryl methyl sites for hydroxylation is 1. The lowest BCUT2D eigenvalue weighted by Gasteiger charge is -2.26. The minimum Gasteiger partial charge on any atom is -0.497 e. The van der Waals surface area contributed by atoms with Crippen molar-refractivity contribution in [2.75, 3.05) is 7.11 Å². The third-order valence-corrected chi connectivity index (χ3v) is 6.43. The molecule has 0 aliphatic carbocycles. The van der Waals surface area contributed by atoms with Gasteiger partial charge in [-0.25, -0.2) is 0 Å². The van der Waals surface area contributed by atoms with Crippen LogP contribution < -0.4 is 19.8 Å². The van der Waals surface area contributed by atoms with Gasteiger partial charge in [0.2, 0.25) is 5.78 Å². The first-order valence-electron chi connectivity index (χ1n) is 11.0. The van der Waals surface area contributed by atoms with Gasteiger partial charge in [-0.05, 0) is 47.9 Å². The smallest absolute Gasteiger partial charge is 0.312 e. The molecule has 0 saturated heterocycles. The Kier molecular flexibility index (Phi) is 4.63. The molecule has 1 unspecified atom stereocenters. The van der Waals surface area contributed by atoms with Crippen LogP contribution in [0.15, 0.2) is 69.8 Å². The number of ether oxygens (including phenoxy) is 3. The Morgan fingerprint density at radius 2 is 1.91 bits per heavy atom. The molecule has 4 heterocycles. The minimum absolute atomic E-state index is 0.0604. The fourth-order valence-corrected chi connectivity index (χ4v) is 4.72. The van der Waals surface area contributed by atoms with E-state index < -0.39 is 11.9 Å². The zero-order valence-corrected chi connectivity index (χ0v) is 18.9. The van der Waals surface area contributed by atoms with Gasteiger partial charge in [0.1, 0.15) is 23.0 Å². The topological polar surface area (TPSA) is 97.0 Å². The number of nitrogens with zero attached hydrogens (tertiary/aromatic N) is 1. The van der Waals surface area contributed by atoms with Gasteiger partial charge in [-0.15, -0.1) is 0 Å². The molecule has 0 fully saturated rings. The van der Waals surface area contributed by atoms with Crippen molar-refractivity contribution in [1.29, 1.82) is 0 Å². The van der Waals surface area contributed by atoms with Crippen molar-refractivity contribution in [3.05, 3.63) is 93.4 Å². The molecular formula is C27H19NO7. The molecular weight excluding hydrogens is 450 g/mol. The van der Waals surface area contributed by atoms with Gasteiger partial charge in [0, 0.05) is 36.2 Å². The highest BCUT2D eigenvalue weighted by Crippen LogP contribution is 2.48. The summed E-state index contributed by atoms with van der Waals surface area (Å²) in [5.74, 6) is 0.334. The Morgan fingerprint density at radius 1 is 1.06 bits per heavy atom. The van der Waals surface area contributed by atoms with Gasteiger partial charge in [0.15, 0.2) is 5.76 Å². The van der Waals surface area contributed by atoms with Crippen LogP contribution in [0.3, 0.4) is 0 Å². The average Bonchev–Trinajstić information content (AvgIpc) is 3.48. The molecule has 2 aliphatic heterocycles. The lowest BCUT2D eigenvalue weighted by Crippen LogP contribution is -2.29. The number of furan rings is 1. The lowest BCUT2D eigenvalue weighted by molar-refractivity contribution is -0.135. The van der Waals surface area contributed by atoms with E-state index in [0.717, 1.165) is 5.39 Å². The summed E-state index contributed by atoms with van der Waals surface area (Å²) in [7, 11) is 3.24. The highest BCUT2D eigenvalue weighted by Gasteiger charge is 2.39. The molecule has 2 aliphatic rings. The number of methoxy groups -OCH3 is 1. The van der Waals surface area contributed by atoms with Gasteiger partial charge in [-0.1, -0.05) is 0 Å². The molecule has 2 aromatic carbocycles. The van der Waals surface area contributed by atoms with E-state index in [1.807, 2.05) is 12.1 Å². The van der Waals surface area contributed by atoms with Crippen LogP contribution in [0.5, 0.6) is 17.2 Å². The SMILES string of the molecule is COc1ccc2cc(C3CC(=O)Oc4ccc5c(c43)OC(=Cc3ccco3)C5=O)c(=O)n(C)c2c1. The third-order valence-electron chi connectivity index (χ3n) is 6.43. The van der Waals surface area contributed by atoms with E-state index in [9.17, 15) is 14.4 Å². The Labute approximate surface area is 198 Å². The summed E-state index contributed by atoms with van der Waals surface area (Å²) in [4.78, 5) is 39.0. The van der Waals surface area contributed by atoms with Crippen LogP contribution in [-0.4, -0.2) is 23.4 Å². The van der Waals surface area contributed by atoms with Crippen molar-refractivity contribution < 1.29 is 28.2 Å². The number of aromatic nitrogens is 1. The van der Waals surface area contributed by atoms with Crippen molar-refractivity contribution in [2.24, 2.45) is 7.05 Å². The number of pyridine rings is 1. The zero-order chi connectivity index (χ0) is 24.3. The van der Waals surface area contributed by atoms with Crippen molar-refractivity contribution in [3.63, 3.8) is 0 Å². The van der Waals surface area contributed by atoms with Crippen LogP contribution in [0.2, 0.25) is 0 Å². The molecule has 6 rings (SSSR count). The van der Waals surface area contributed by atoms with Crippen molar-refractivity contribution in [2.45, 2.75) is 12.3 Å². The van der Waals surface area contributed by atoms with E-state index >= 15 is 0 Å². The molecule has 1 atom stereocenters. The van der Waals surface area contributed by atoms with E-state index in [-0.39, 0.29) is 29.3 Å². The molecule has 0 saturated carbocycles. The fraction of sp³-hybridized carbons (Fsp3) is 0.148. The average molecular weight is 469 g/mol. The number of esters is 1. The number of hydrogen-bond donors (Lipinski definition) is 0. The van der Waals surface area contributed by atoms with Gasteiger partial charge in [-0.2, -0.15) is 0 Å². The van der Waals surface area contributed by atoms with E-state index in [2.05, 4.69) is 0 Å². The molecule has 4 aromatic rings. The summed E-state index contributed by atoms with van der Waals surface area (Å²) in [6.45, 7) is 0. The molecule has 0 amide bonds. The standard InChI is InChI=1S/C27H19NO7/c1-28-20-11-15(32-2)6-5-14(20)10-19(27(28)31)18-13-23(29)34-21-8-7-17-25(30)22(35-26(17)24(18)21)12-16-4-3-9-33-16/h3-12,18H,13H2,1-2H3. The second-order valence-electron chi connectivity index (χ2n) is 8.43. The number of carbonyl (C=O) groups is 2. The maximum absolute atomic E-state index is 13.5. The predicted octanol–water partition coefficient (Wildman–Crippen LogP) is 4.20. The first-order chi connectivity index (χ1) is 16.9. The highest BCUT2D eigenvalue weighted by atomic mass is 16.5. The Hall–Kier alpha value is -4.59. The summed E-state index contributed by atoms with van der Waals surface area (Å²) >= 11 is 0. The molecule has 0 spiro atoms. The number of carbonyl (C=O) groups excluding carboxylic acids is 2. The second-order valence-corrected chi connectivity index (χ2v) is 8.43. The fourth-order valence-electron chi connectivity index (χ4n) is 4.72. The van der Waals surface area contributed by atoms with Crippen molar-refractivity contribution in [3.8, 4) is 17.2 Å². The number of fused-ring (bicyclic) bond motifs is 4. The first kappa shape index (κ1) is 21.0. The summed E-state index contributed by atoms with van der Waals surface area (Å²) < 4.78 is 23.6. The lowest BCUT2D eigenvalue weighted by atomic mass is 9.84. The normalized spacial score (nSPS) is 17.8. The van der Waals surface area contributed by atoms with Crippen LogP contribution in [0.4, 0.5) is 0 Å². The molecule has 174 valence electrons. The van der Waals surface area contributed by atoms with Crippen LogP contribution in [-0.2, 0) is 11.8 Å². The van der Waals surface area contributed by atoms with E-state index in [1.54, 1.807) is 50.6 Å². The van der Waals surface area contributed by atoms with E-state index in [4.69, 9.17) is 18.6 Å². The van der Waals surface area contributed by atoms with Crippen LogP contribution >= 0.6 is 0 Å². The molecule has 8 nitrogen and oxygen atoms in total. The summed E-state index contributed by atoms with van der Waals surface area (Å²) in [5, 5.41) is 0.811. The maximum Gasteiger partial charge on any atom is 0.312 e. The van der Waals surface area contributed by atoms with Gasteiger partial charge in [0.25, 0.3) is 5.56 Å². The number of rotatable bonds is 3. The van der Waals surface area contributed by atoms with Gasteiger partial charge in [-0.3, -0.25) is 14.4 Å². The number of hydrogen-bond acceptors (Lipinski definition) is 7. The van der Waals surface area contributed by atoms with Gasteiger partial charge in [0.05, 0.1) is 30.9 Å². The maximum atomic E-state index is 13.5. The Balaban J connectivity index is 1.53. The third kappa shape index (κ3) is 3.25. The Morgan fingerprint density at radius 3 is 2.69 bits per heavy atom. The highest BCUT2D eigenvalue weighted by molar-refractivity contribution is 6.15. The van der Waals surface area contributed by atoms with Crippen molar-refractivity contribution >= 4 is 28.7 Å². The number of Topliss-reactive ketones (excluding diaryl/α,β-unsaturated/α-hetero) is 1. The summed E-state index contributed by atoms with van der Waals surface area (Å²) in [5.41, 5.74) is 1.70. The monoisotopic (exact) mass is 469 g/mol. The number of benzene rings is 2. The second kappa shape index (κ2) is 7.73. The first-order valence-corrected chi connectivity index (χ1v) is 11.0. The molecule has 2 aromatic heterocycles. The quantitative estimate of drug-likeness (QED) is 0.252. The molecule has 0 N–H and O–H groups in total. The zero-order valence-electron chi connectivity index (χ0n) is 18.9. The molecule has 0 bridgehead atoms. The summed E-state index contributed by atoms with van der Waals surface area (Å²) in [6.07, 6.45) is 2.96.